The number of aromatic nitrogens is 1. The van der Waals surface area contributed by atoms with Crippen molar-refractivity contribution in [3.05, 3.63) is 23.9 Å². The summed E-state index contributed by atoms with van der Waals surface area (Å²) in [6, 6.07) is 2.27. The molecule has 0 saturated carbocycles. The fourth-order valence-corrected chi connectivity index (χ4v) is 1.51. The SMILES string of the molecule is CCOC(C)(C)CNc1ncccc1C(F)(F)F. The predicted molar refractivity (Wildman–Crippen MR) is 63.4 cm³/mol. The summed E-state index contributed by atoms with van der Waals surface area (Å²) in [5, 5.41) is 2.69. The Bertz CT molecular complexity index is 391. The van der Waals surface area contributed by atoms with Crippen LogP contribution in [0.5, 0.6) is 0 Å². The van der Waals surface area contributed by atoms with Crippen LogP contribution in [0.3, 0.4) is 0 Å². The molecule has 1 rings (SSSR count). The quantitative estimate of drug-likeness (QED) is 0.883. The van der Waals surface area contributed by atoms with Gasteiger partial charge in [-0.25, -0.2) is 4.98 Å². The molecule has 1 aromatic heterocycles. The minimum Gasteiger partial charge on any atom is -0.374 e. The third-order valence-corrected chi connectivity index (χ3v) is 2.33. The van der Waals surface area contributed by atoms with Gasteiger partial charge in [-0.1, -0.05) is 0 Å². The number of hydrogen-bond donors (Lipinski definition) is 1. The van der Waals surface area contributed by atoms with Crippen LogP contribution in [0.4, 0.5) is 19.0 Å². The lowest BCUT2D eigenvalue weighted by Crippen LogP contribution is -2.34. The molecule has 1 aromatic rings. The zero-order valence-electron chi connectivity index (χ0n) is 10.6. The zero-order chi connectivity index (χ0) is 13.8. The standard InChI is InChI=1S/C12H17F3N2O/c1-4-18-11(2,3)8-17-10-9(12(13,14)15)6-5-7-16-10/h5-7H,4,8H2,1-3H3,(H,16,17). The maximum absolute atomic E-state index is 12.7. The highest BCUT2D eigenvalue weighted by Gasteiger charge is 2.34. The van der Waals surface area contributed by atoms with Gasteiger partial charge in [0.15, 0.2) is 0 Å². The van der Waals surface area contributed by atoms with E-state index in [1.54, 1.807) is 13.8 Å². The fraction of sp³-hybridized carbons (Fsp3) is 0.583. The van der Waals surface area contributed by atoms with Crippen LogP contribution in [0.2, 0.25) is 0 Å². The van der Waals surface area contributed by atoms with Gasteiger partial charge in [-0.15, -0.1) is 0 Å². The smallest absolute Gasteiger partial charge is 0.374 e. The minimum atomic E-state index is -4.41. The molecule has 18 heavy (non-hydrogen) atoms. The van der Waals surface area contributed by atoms with E-state index in [0.29, 0.717) is 6.61 Å². The first-order valence-corrected chi connectivity index (χ1v) is 5.66. The number of hydrogen-bond acceptors (Lipinski definition) is 3. The molecular weight excluding hydrogens is 245 g/mol. The van der Waals surface area contributed by atoms with Crippen LogP contribution in [0.15, 0.2) is 18.3 Å². The van der Waals surface area contributed by atoms with E-state index in [2.05, 4.69) is 10.3 Å². The second-order valence-electron chi connectivity index (χ2n) is 4.44. The summed E-state index contributed by atoms with van der Waals surface area (Å²) in [5.41, 5.74) is -1.31. The Morgan fingerprint density at radius 3 is 2.56 bits per heavy atom. The molecule has 6 heteroatoms. The van der Waals surface area contributed by atoms with Crippen molar-refractivity contribution < 1.29 is 17.9 Å². The third kappa shape index (κ3) is 4.18. The molecular formula is C12H17F3N2O. The molecule has 0 aliphatic heterocycles. The molecule has 0 unspecified atom stereocenters. The molecule has 0 aliphatic rings. The van der Waals surface area contributed by atoms with E-state index in [-0.39, 0.29) is 12.4 Å². The fourth-order valence-electron chi connectivity index (χ4n) is 1.51. The molecule has 0 saturated heterocycles. The van der Waals surface area contributed by atoms with Gasteiger partial charge >= 0.3 is 6.18 Å². The Morgan fingerprint density at radius 1 is 1.33 bits per heavy atom. The summed E-state index contributed by atoms with van der Waals surface area (Å²) in [6.07, 6.45) is -3.09. The van der Waals surface area contributed by atoms with E-state index >= 15 is 0 Å². The van der Waals surface area contributed by atoms with Gasteiger partial charge in [0.25, 0.3) is 0 Å². The average molecular weight is 262 g/mol. The summed E-state index contributed by atoms with van der Waals surface area (Å²) in [6.45, 7) is 6.20. The van der Waals surface area contributed by atoms with E-state index in [9.17, 15) is 13.2 Å². The number of nitrogens with one attached hydrogen (secondary N) is 1. The van der Waals surface area contributed by atoms with Crippen LogP contribution in [-0.4, -0.2) is 23.7 Å². The molecule has 1 N–H and O–H groups in total. The van der Waals surface area contributed by atoms with Gasteiger partial charge in [0.1, 0.15) is 5.82 Å². The summed E-state index contributed by atoms with van der Waals surface area (Å²) in [7, 11) is 0. The van der Waals surface area contributed by atoms with Gasteiger partial charge in [-0.3, -0.25) is 0 Å². The van der Waals surface area contributed by atoms with Crippen LogP contribution in [-0.2, 0) is 10.9 Å². The van der Waals surface area contributed by atoms with E-state index in [1.807, 2.05) is 6.92 Å². The first-order chi connectivity index (χ1) is 8.26. The number of alkyl halides is 3. The molecule has 0 fully saturated rings. The van der Waals surface area contributed by atoms with Crippen LogP contribution >= 0.6 is 0 Å². The largest absolute Gasteiger partial charge is 0.419 e. The number of pyridine rings is 1. The van der Waals surface area contributed by atoms with E-state index < -0.39 is 17.3 Å². The Hall–Kier alpha value is -1.30. The maximum atomic E-state index is 12.7. The van der Waals surface area contributed by atoms with Gasteiger partial charge in [0, 0.05) is 19.3 Å². The van der Waals surface area contributed by atoms with Crippen molar-refractivity contribution in [1.29, 1.82) is 0 Å². The van der Waals surface area contributed by atoms with Crippen molar-refractivity contribution in [2.45, 2.75) is 32.5 Å². The number of anilines is 1. The minimum absolute atomic E-state index is 0.169. The van der Waals surface area contributed by atoms with Crippen molar-refractivity contribution >= 4 is 5.82 Å². The number of halogens is 3. The van der Waals surface area contributed by atoms with Gasteiger partial charge in [-0.2, -0.15) is 13.2 Å². The Morgan fingerprint density at radius 2 is 2.00 bits per heavy atom. The Balaban J connectivity index is 2.80. The highest BCUT2D eigenvalue weighted by Crippen LogP contribution is 2.33. The number of nitrogens with zero attached hydrogens (tertiary/aromatic N) is 1. The van der Waals surface area contributed by atoms with Gasteiger partial charge < -0.3 is 10.1 Å². The lowest BCUT2D eigenvalue weighted by Gasteiger charge is -2.25. The number of rotatable bonds is 5. The second-order valence-corrected chi connectivity index (χ2v) is 4.44. The molecule has 0 aromatic carbocycles. The third-order valence-electron chi connectivity index (χ3n) is 2.33. The Kier molecular flexibility index (Phi) is 4.56. The van der Waals surface area contributed by atoms with Gasteiger partial charge in [0.2, 0.25) is 0 Å². The number of ether oxygens (including phenoxy) is 1. The van der Waals surface area contributed by atoms with Crippen LogP contribution in [0, 0.1) is 0 Å². The van der Waals surface area contributed by atoms with Gasteiger partial charge in [-0.05, 0) is 32.9 Å². The van der Waals surface area contributed by atoms with E-state index in [0.717, 1.165) is 6.07 Å². The molecule has 3 nitrogen and oxygen atoms in total. The van der Waals surface area contributed by atoms with Gasteiger partial charge in [0.05, 0.1) is 11.2 Å². The van der Waals surface area contributed by atoms with Crippen molar-refractivity contribution in [3.8, 4) is 0 Å². The maximum Gasteiger partial charge on any atom is 0.419 e. The lowest BCUT2D eigenvalue weighted by atomic mass is 10.1. The molecule has 0 bridgehead atoms. The normalized spacial score (nSPS) is 12.6. The molecule has 1 heterocycles. The van der Waals surface area contributed by atoms with Crippen LogP contribution in [0.1, 0.15) is 26.3 Å². The lowest BCUT2D eigenvalue weighted by molar-refractivity contribution is -0.137. The summed E-state index contributed by atoms with van der Waals surface area (Å²) < 4.78 is 43.5. The van der Waals surface area contributed by atoms with E-state index in [1.165, 1.54) is 12.3 Å². The molecule has 102 valence electrons. The first kappa shape index (κ1) is 14.8. The van der Waals surface area contributed by atoms with Crippen molar-refractivity contribution in [2.24, 2.45) is 0 Å². The molecule has 0 spiro atoms. The monoisotopic (exact) mass is 262 g/mol. The van der Waals surface area contributed by atoms with Crippen molar-refractivity contribution in [1.82, 2.24) is 4.98 Å². The molecule has 0 amide bonds. The van der Waals surface area contributed by atoms with Crippen molar-refractivity contribution in [2.75, 3.05) is 18.5 Å². The Labute approximate surface area is 104 Å². The summed E-state index contributed by atoms with van der Waals surface area (Å²) in [4.78, 5) is 3.72. The molecule has 0 radical (unpaired) electrons. The molecule has 0 atom stereocenters. The highest BCUT2D eigenvalue weighted by molar-refractivity contribution is 5.45. The van der Waals surface area contributed by atoms with Crippen LogP contribution < -0.4 is 5.32 Å². The second kappa shape index (κ2) is 5.56. The van der Waals surface area contributed by atoms with E-state index in [4.69, 9.17) is 4.74 Å². The summed E-state index contributed by atoms with van der Waals surface area (Å²) >= 11 is 0. The average Bonchev–Trinajstić information content (AvgIpc) is 2.26. The summed E-state index contributed by atoms with van der Waals surface area (Å²) in [5.74, 6) is -0.169. The predicted octanol–water partition coefficient (Wildman–Crippen LogP) is 3.33. The van der Waals surface area contributed by atoms with Crippen molar-refractivity contribution in [3.63, 3.8) is 0 Å². The van der Waals surface area contributed by atoms with Crippen LogP contribution in [0.25, 0.3) is 0 Å². The highest BCUT2D eigenvalue weighted by atomic mass is 19.4. The topological polar surface area (TPSA) is 34.1 Å². The zero-order valence-corrected chi connectivity index (χ0v) is 10.6. The molecule has 0 aliphatic carbocycles. The first-order valence-electron chi connectivity index (χ1n) is 5.66.